The molecule has 24 rings (SSSR count). The largest absolute Gasteiger partial charge is 0.375 e. The van der Waals surface area contributed by atoms with Crippen LogP contribution < -0.4 is 31.7 Å². The lowest BCUT2D eigenvalue weighted by Crippen LogP contribution is -2.56. The molecule has 8 heterocycles. The zero-order valence-corrected chi connectivity index (χ0v) is 53.1. The molecule has 0 unspecified atom stereocenters. The van der Waals surface area contributed by atoms with Crippen LogP contribution >= 0.6 is 22.7 Å². The van der Waals surface area contributed by atoms with Crippen molar-refractivity contribution < 1.29 is 0 Å². The van der Waals surface area contributed by atoms with Crippen LogP contribution in [0.1, 0.15) is 0 Å². The van der Waals surface area contributed by atoms with Crippen molar-refractivity contribution in [3.8, 4) is 33.4 Å². The second-order valence-electron chi connectivity index (χ2n) is 26.9. The second kappa shape index (κ2) is 18.2. The standard InChI is InChI=1S/C88H48B2N4S2/c1-2-19-51-44-56(38-35-49(51)17-1)91-74-46-53-21-4-3-20-52(53)45-70(74)90-82-75(91)47-67-61-25-9-13-33-77(61)96-88(67)81(82)66-41-40-58(79-64-27-8-12-31-73(64)94(90)86(66)79)55-36-39-57-54(43-55)22-15-32-71(57)92-76-48-68-62-26-10-14-34-78(62)95-87(68)80-65-29-16-28-63-60-24-7-11-30-72(60)93(84(63)65)89(83(76)80)69-42-37-50-18-5-6-23-59(50)85(69)92/h1-48H. The molecule has 438 valence electrons. The highest BCUT2D eigenvalue weighted by molar-refractivity contribution is 7.27. The Hall–Kier alpha value is -11.7. The molecule has 96 heavy (non-hydrogen) atoms. The molecule has 0 spiro atoms. The lowest BCUT2D eigenvalue weighted by Gasteiger charge is -2.41. The molecule has 0 radical (unpaired) electrons. The number of hydrogen-bond acceptors (Lipinski definition) is 4. The summed E-state index contributed by atoms with van der Waals surface area (Å²) in [5.74, 6) is 0. The molecular formula is C88H48B2N4S2. The molecule has 20 aromatic rings. The minimum absolute atomic E-state index is 0.0720. The van der Waals surface area contributed by atoms with E-state index in [1.54, 1.807) is 0 Å². The zero-order valence-electron chi connectivity index (χ0n) is 51.5. The fourth-order valence-electron chi connectivity index (χ4n) is 18.5. The average Bonchev–Trinajstić information content (AvgIpc) is 1.27. The molecule has 4 aromatic heterocycles. The fraction of sp³-hybridized carbons (Fsp3) is 0. The molecule has 4 aliphatic rings. The Balaban J connectivity index is 0.766. The van der Waals surface area contributed by atoms with Gasteiger partial charge in [-0.25, -0.2) is 0 Å². The van der Waals surface area contributed by atoms with Crippen molar-refractivity contribution in [3.63, 3.8) is 0 Å². The second-order valence-corrected chi connectivity index (χ2v) is 29.0. The van der Waals surface area contributed by atoms with Gasteiger partial charge in [-0.2, -0.15) is 0 Å². The molecule has 0 aliphatic carbocycles. The summed E-state index contributed by atoms with van der Waals surface area (Å²) in [6.07, 6.45) is 0. The number of anilines is 6. The van der Waals surface area contributed by atoms with Crippen molar-refractivity contribution >= 4 is 219 Å². The van der Waals surface area contributed by atoms with Crippen LogP contribution in [-0.2, 0) is 0 Å². The Morgan fingerprint density at radius 2 is 0.833 bits per heavy atom. The molecule has 0 saturated heterocycles. The van der Waals surface area contributed by atoms with Gasteiger partial charge in [0.05, 0.1) is 11.4 Å². The van der Waals surface area contributed by atoms with Crippen molar-refractivity contribution in [2.45, 2.75) is 0 Å². The maximum Gasteiger partial charge on any atom is 0.333 e. The molecule has 0 atom stereocenters. The lowest BCUT2D eigenvalue weighted by atomic mass is 9.45. The average molecular weight is 1250 g/mol. The minimum Gasteiger partial charge on any atom is -0.375 e. The number of thiophene rings is 2. The first-order valence-corrected chi connectivity index (χ1v) is 35.0. The van der Waals surface area contributed by atoms with Crippen molar-refractivity contribution in [1.82, 2.24) is 8.96 Å². The van der Waals surface area contributed by atoms with Crippen molar-refractivity contribution in [1.29, 1.82) is 0 Å². The van der Waals surface area contributed by atoms with Gasteiger partial charge in [-0.15, -0.1) is 22.7 Å². The maximum absolute atomic E-state index is 2.75. The molecule has 0 N–H and O–H groups in total. The van der Waals surface area contributed by atoms with Crippen LogP contribution in [0.15, 0.2) is 291 Å². The Morgan fingerprint density at radius 3 is 1.59 bits per heavy atom. The Morgan fingerprint density at radius 1 is 0.281 bits per heavy atom. The third-order valence-electron chi connectivity index (χ3n) is 22.3. The first kappa shape index (κ1) is 50.8. The smallest absolute Gasteiger partial charge is 0.333 e. The summed E-state index contributed by atoms with van der Waals surface area (Å²) in [6.45, 7) is -0.196. The van der Waals surface area contributed by atoms with Gasteiger partial charge in [0.2, 0.25) is 0 Å². The number of nitrogens with zero attached hydrogens (tertiary/aromatic N) is 4. The Labute approximate surface area is 558 Å². The highest BCUT2D eigenvalue weighted by Gasteiger charge is 2.47. The number of benzene rings is 16. The summed E-state index contributed by atoms with van der Waals surface area (Å²) in [4.78, 5) is 5.28. The normalized spacial score (nSPS) is 13.5. The predicted octanol–water partition coefficient (Wildman–Crippen LogP) is 21.8. The molecular weight excluding hydrogens is 1200 g/mol. The van der Waals surface area contributed by atoms with Gasteiger partial charge in [-0.3, -0.25) is 0 Å². The number of para-hydroxylation sites is 3. The molecule has 0 fully saturated rings. The van der Waals surface area contributed by atoms with Crippen LogP contribution in [0.3, 0.4) is 0 Å². The number of aromatic nitrogens is 2. The highest BCUT2D eigenvalue weighted by Crippen LogP contribution is 2.56. The Bertz CT molecular complexity index is 7030. The van der Waals surface area contributed by atoms with E-state index in [1.165, 1.54) is 211 Å². The van der Waals surface area contributed by atoms with E-state index in [2.05, 4.69) is 310 Å². The molecule has 8 heteroatoms. The molecule has 4 aliphatic heterocycles. The van der Waals surface area contributed by atoms with Gasteiger partial charge >= 0.3 is 13.7 Å². The van der Waals surface area contributed by atoms with E-state index in [0.717, 1.165) is 5.69 Å². The van der Waals surface area contributed by atoms with Crippen LogP contribution in [-0.4, -0.2) is 22.7 Å². The van der Waals surface area contributed by atoms with Gasteiger partial charge in [0, 0.05) is 140 Å². The van der Waals surface area contributed by atoms with Crippen molar-refractivity contribution in [2.24, 2.45) is 0 Å². The first-order valence-electron chi connectivity index (χ1n) is 33.4. The summed E-state index contributed by atoms with van der Waals surface area (Å²) in [6, 6.07) is 112. The van der Waals surface area contributed by atoms with E-state index in [-0.39, 0.29) is 13.7 Å². The van der Waals surface area contributed by atoms with Gasteiger partial charge in [-0.05, 0) is 132 Å². The third-order valence-corrected chi connectivity index (χ3v) is 24.7. The monoisotopic (exact) mass is 1250 g/mol. The van der Waals surface area contributed by atoms with Crippen molar-refractivity contribution in [2.75, 3.05) is 9.80 Å². The minimum atomic E-state index is -0.124. The SMILES string of the molecule is c1ccc2cc(N3c4cc5ccccc5cc4B4c5c3cc3c(sc6ccccc63)c5-c3ccc(-c5ccc6c(N7c8cc9c(sc%10ccccc%109)c9c8B(c8ccc%10ccccc%10c87)n7c8ccccc8c8cccc-9c87)cccc6c5)c5c6ccccc6n4c35)ccc2c1. The van der Waals surface area contributed by atoms with E-state index >= 15 is 0 Å². The van der Waals surface area contributed by atoms with Gasteiger partial charge in [0.25, 0.3) is 0 Å². The van der Waals surface area contributed by atoms with Gasteiger partial charge in [-0.1, -0.05) is 224 Å². The van der Waals surface area contributed by atoms with E-state index in [9.17, 15) is 0 Å². The molecule has 0 saturated carbocycles. The topological polar surface area (TPSA) is 16.3 Å². The first-order chi connectivity index (χ1) is 47.6. The van der Waals surface area contributed by atoms with E-state index in [1.807, 2.05) is 22.7 Å². The predicted molar refractivity (Wildman–Crippen MR) is 415 cm³/mol. The van der Waals surface area contributed by atoms with Crippen LogP contribution in [0.4, 0.5) is 34.1 Å². The van der Waals surface area contributed by atoms with Crippen LogP contribution in [0.2, 0.25) is 0 Å². The van der Waals surface area contributed by atoms with Gasteiger partial charge < -0.3 is 18.8 Å². The lowest BCUT2D eigenvalue weighted by molar-refractivity contribution is 1.27. The number of hydrogen-bond donors (Lipinski definition) is 0. The summed E-state index contributed by atoms with van der Waals surface area (Å²) in [5.41, 5.74) is 25.4. The molecule has 4 nitrogen and oxygen atoms in total. The number of fused-ring (bicyclic) bond motifs is 27. The maximum atomic E-state index is 2.75. The molecule has 16 aromatic carbocycles. The number of rotatable bonds is 3. The third kappa shape index (κ3) is 6.33. The van der Waals surface area contributed by atoms with E-state index in [4.69, 9.17) is 0 Å². The summed E-state index contributed by atoms with van der Waals surface area (Å²) >= 11 is 3.90. The zero-order chi connectivity index (χ0) is 61.9. The quantitative estimate of drug-likeness (QED) is 0.164. The van der Waals surface area contributed by atoms with Gasteiger partial charge in [0.1, 0.15) is 0 Å². The van der Waals surface area contributed by atoms with Crippen LogP contribution in [0.25, 0.3) is 160 Å². The van der Waals surface area contributed by atoms with E-state index in [0.29, 0.717) is 0 Å². The van der Waals surface area contributed by atoms with E-state index < -0.39 is 0 Å². The summed E-state index contributed by atoms with van der Waals surface area (Å²) < 4.78 is 10.8. The van der Waals surface area contributed by atoms with Crippen LogP contribution in [0, 0.1) is 0 Å². The Kier molecular flexibility index (Phi) is 9.62. The fourth-order valence-corrected chi connectivity index (χ4v) is 21.0. The van der Waals surface area contributed by atoms with Gasteiger partial charge in [0.15, 0.2) is 0 Å². The molecule has 0 bridgehead atoms. The highest BCUT2D eigenvalue weighted by atomic mass is 32.1. The van der Waals surface area contributed by atoms with Crippen LogP contribution in [0.5, 0.6) is 0 Å². The summed E-state index contributed by atoms with van der Waals surface area (Å²) in [7, 11) is 0. The molecule has 0 amide bonds. The summed E-state index contributed by atoms with van der Waals surface area (Å²) in [5, 5.41) is 20.2. The van der Waals surface area contributed by atoms with Crippen molar-refractivity contribution in [3.05, 3.63) is 291 Å².